The largest absolute Gasteiger partial charge is 0.465 e. The number of carbonyl (C=O) groups excluding carboxylic acids is 2. The monoisotopic (exact) mass is 458 g/mol. The number of esters is 2. The lowest BCUT2D eigenvalue weighted by Gasteiger charge is -2.36. The maximum absolute atomic E-state index is 13.3. The molecule has 0 aromatic heterocycles. The molecule has 0 bridgehead atoms. The molecular weight excluding hydrogens is 428 g/mol. The van der Waals surface area contributed by atoms with Crippen LogP contribution in [0.1, 0.15) is 37.1 Å². The second-order valence-electron chi connectivity index (χ2n) is 8.17. The van der Waals surface area contributed by atoms with Crippen molar-refractivity contribution < 1.29 is 19.1 Å². The quantitative estimate of drug-likeness (QED) is 0.366. The molecule has 0 fully saturated rings. The Morgan fingerprint density at radius 3 is 1.44 bits per heavy atom. The number of para-hydroxylation sites is 2. The average molecular weight is 459 g/mol. The van der Waals surface area contributed by atoms with E-state index in [1.54, 1.807) is 13.8 Å². The Bertz CT molecular complexity index is 1020. The molecule has 2 unspecified atom stereocenters. The highest BCUT2D eigenvalue weighted by Gasteiger charge is 2.48. The fraction of sp³-hybridized carbons (Fsp3) is 0.286. The summed E-state index contributed by atoms with van der Waals surface area (Å²) in [5, 5.41) is 7.24. The summed E-state index contributed by atoms with van der Waals surface area (Å²) in [5.41, 5.74) is 3.72. The lowest BCUT2D eigenvalue weighted by Crippen LogP contribution is -2.43. The molecule has 3 aromatic carbocycles. The van der Waals surface area contributed by atoms with Gasteiger partial charge in [-0.2, -0.15) is 0 Å². The van der Waals surface area contributed by atoms with E-state index >= 15 is 0 Å². The molecule has 6 nitrogen and oxygen atoms in total. The molecule has 1 aliphatic rings. The van der Waals surface area contributed by atoms with Crippen LogP contribution in [0.5, 0.6) is 0 Å². The van der Waals surface area contributed by atoms with Gasteiger partial charge in [-0.3, -0.25) is 9.59 Å². The first kappa shape index (κ1) is 23.4. The maximum Gasteiger partial charge on any atom is 0.320 e. The van der Waals surface area contributed by atoms with E-state index in [9.17, 15) is 9.59 Å². The number of hydrogen-bond acceptors (Lipinski definition) is 6. The molecule has 0 amide bonds. The number of fused-ring (bicyclic) bond motifs is 1. The lowest BCUT2D eigenvalue weighted by atomic mass is 9.75. The van der Waals surface area contributed by atoms with Crippen molar-refractivity contribution in [1.82, 2.24) is 0 Å². The zero-order chi connectivity index (χ0) is 23.9. The molecule has 2 N–H and O–H groups in total. The van der Waals surface area contributed by atoms with Gasteiger partial charge in [-0.05, 0) is 37.1 Å². The topological polar surface area (TPSA) is 76.7 Å². The molecule has 4 rings (SSSR count). The van der Waals surface area contributed by atoms with E-state index in [4.69, 9.17) is 9.47 Å². The van der Waals surface area contributed by atoms with Gasteiger partial charge in [0.2, 0.25) is 0 Å². The van der Waals surface area contributed by atoms with Crippen LogP contribution in [0.4, 0.5) is 11.4 Å². The van der Waals surface area contributed by atoms with Gasteiger partial charge in [0.05, 0.1) is 36.7 Å². The predicted molar refractivity (Wildman–Crippen MR) is 132 cm³/mol. The van der Waals surface area contributed by atoms with Gasteiger partial charge in [-0.15, -0.1) is 0 Å². The van der Waals surface area contributed by atoms with Crippen molar-refractivity contribution >= 4 is 23.3 Å². The molecule has 0 spiro atoms. The normalized spacial score (nSPS) is 19.2. The summed E-state index contributed by atoms with van der Waals surface area (Å²) < 4.78 is 10.8. The van der Waals surface area contributed by atoms with Crippen LogP contribution < -0.4 is 10.6 Å². The third-order valence-electron chi connectivity index (χ3n) is 6.10. The van der Waals surface area contributed by atoms with Crippen molar-refractivity contribution in [2.75, 3.05) is 23.8 Å². The maximum atomic E-state index is 13.3. The van der Waals surface area contributed by atoms with Crippen LogP contribution in [0.2, 0.25) is 0 Å². The molecule has 34 heavy (non-hydrogen) atoms. The van der Waals surface area contributed by atoms with Gasteiger partial charge < -0.3 is 20.1 Å². The van der Waals surface area contributed by atoms with E-state index < -0.39 is 23.8 Å². The summed E-state index contributed by atoms with van der Waals surface area (Å²) in [4.78, 5) is 26.6. The van der Waals surface area contributed by atoms with Crippen LogP contribution in [-0.2, 0) is 19.1 Å². The number of anilines is 2. The minimum Gasteiger partial charge on any atom is -0.465 e. The van der Waals surface area contributed by atoms with Crippen LogP contribution in [0.15, 0.2) is 84.9 Å². The Labute approximate surface area is 200 Å². The Morgan fingerprint density at radius 2 is 1.06 bits per heavy atom. The molecule has 176 valence electrons. The highest BCUT2D eigenvalue weighted by Crippen LogP contribution is 2.47. The summed E-state index contributed by atoms with van der Waals surface area (Å²) in [6.07, 6.45) is 0. The Hall–Kier alpha value is -3.80. The summed E-state index contributed by atoms with van der Waals surface area (Å²) in [6.45, 7) is 3.83. The molecule has 1 aliphatic heterocycles. The smallest absolute Gasteiger partial charge is 0.320 e. The third kappa shape index (κ3) is 4.91. The first-order chi connectivity index (χ1) is 16.6. The highest BCUT2D eigenvalue weighted by molar-refractivity contribution is 5.96. The highest BCUT2D eigenvalue weighted by atomic mass is 16.6. The van der Waals surface area contributed by atoms with E-state index in [1.807, 2.05) is 84.9 Å². The minimum absolute atomic E-state index is 0.175. The molecule has 0 saturated carbocycles. The van der Waals surface area contributed by atoms with E-state index in [0.717, 1.165) is 22.5 Å². The first-order valence-corrected chi connectivity index (χ1v) is 11.7. The second kappa shape index (κ2) is 10.9. The number of hydrogen-bond donors (Lipinski definition) is 2. The van der Waals surface area contributed by atoms with Gasteiger partial charge in [0.25, 0.3) is 0 Å². The van der Waals surface area contributed by atoms with Gasteiger partial charge >= 0.3 is 11.9 Å². The Balaban J connectivity index is 1.93. The van der Waals surface area contributed by atoms with Gasteiger partial charge in [0.1, 0.15) is 0 Å². The van der Waals surface area contributed by atoms with Crippen molar-refractivity contribution in [1.29, 1.82) is 0 Å². The molecule has 0 radical (unpaired) electrons. The van der Waals surface area contributed by atoms with Crippen molar-refractivity contribution in [3.8, 4) is 0 Å². The van der Waals surface area contributed by atoms with Crippen LogP contribution in [0.25, 0.3) is 0 Å². The summed E-state index contributed by atoms with van der Waals surface area (Å²) in [6, 6.07) is 26.9. The van der Waals surface area contributed by atoms with Gasteiger partial charge in [0, 0.05) is 5.92 Å². The fourth-order valence-corrected chi connectivity index (χ4v) is 4.65. The van der Waals surface area contributed by atoms with Crippen LogP contribution in [0, 0.1) is 11.8 Å². The van der Waals surface area contributed by atoms with Crippen molar-refractivity contribution in [2.45, 2.75) is 25.9 Å². The number of nitrogens with one attached hydrogen (secondary N) is 2. The predicted octanol–water partition coefficient (Wildman–Crippen LogP) is 5.37. The molecular formula is C28H30N2O4. The van der Waals surface area contributed by atoms with Gasteiger partial charge in [-0.25, -0.2) is 0 Å². The first-order valence-electron chi connectivity index (χ1n) is 11.7. The zero-order valence-corrected chi connectivity index (χ0v) is 19.4. The van der Waals surface area contributed by atoms with Crippen LogP contribution in [-0.4, -0.2) is 25.2 Å². The number of carbonyl (C=O) groups is 2. The molecule has 1 heterocycles. The lowest BCUT2D eigenvalue weighted by molar-refractivity contribution is -0.165. The van der Waals surface area contributed by atoms with E-state index in [-0.39, 0.29) is 25.3 Å². The van der Waals surface area contributed by atoms with E-state index in [1.165, 1.54) is 0 Å². The molecule has 3 aromatic rings. The number of ether oxygens (including phenoxy) is 2. The van der Waals surface area contributed by atoms with E-state index in [0.29, 0.717) is 0 Å². The molecule has 0 saturated heterocycles. The van der Waals surface area contributed by atoms with Crippen LogP contribution in [0.3, 0.4) is 0 Å². The van der Waals surface area contributed by atoms with E-state index in [2.05, 4.69) is 10.6 Å². The number of rotatable bonds is 7. The SMILES string of the molecule is CCOC(=O)C(C(=O)OCC)C1C(c2ccccc2)Nc2ccccc2NC1c1ccccc1. The molecule has 2 atom stereocenters. The van der Waals surface area contributed by atoms with Crippen molar-refractivity contribution in [3.05, 3.63) is 96.1 Å². The second-order valence-corrected chi connectivity index (χ2v) is 8.17. The van der Waals surface area contributed by atoms with Gasteiger partial charge in [0.15, 0.2) is 5.92 Å². The average Bonchev–Trinajstić information content (AvgIpc) is 3.03. The van der Waals surface area contributed by atoms with Gasteiger partial charge in [-0.1, -0.05) is 72.8 Å². The summed E-state index contributed by atoms with van der Waals surface area (Å²) >= 11 is 0. The fourth-order valence-electron chi connectivity index (χ4n) is 4.65. The summed E-state index contributed by atoms with van der Waals surface area (Å²) in [7, 11) is 0. The minimum atomic E-state index is -1.13. The third-order valence-corrected chi connectivity index (χ3v) is 6.10. The molecule has 0 aliphatic carbocycles. The van der Waals surface area contributed by atoms with Crippen molar-refractivity contribution in [3.63, 3.8) is 0 Å². The summed E-state index contributed by atoms with van der Waals surface area (Å²) in [5.74, 6) is -2.84. The Kier molecular flexibility index (Phi) is 7.48. The standard InChI is InChI=1S/C28H30N2O4/c1-3-33-27(31)24(28(32)34-4-2)23-25(19-13-7-5-8-14-19)29-21-17-11-12-18-22(21)30-26(23)20-15-9-6-10-16-20/h5-18,23-26,29-30H,3-4H2,1-2H3. The Morgan fingerprint density at radius 1 is 0.676 bits per heavy atom. The van der Waals surface area contributed by atoms with Crippen molar-refractivity contribution in [2.24, 2.45) is 11.8 Å². The van der Waals surface area contributed by atoms with Crippen LogP contribution >= 0.6 is 0 Å². The molecule has 6 heteroatoms. The number of benzene rings is 3. The zero-order valence-electron chi connectivity index (χ0n) is 19.4.